The highest BCUT2D eigenvalue weighted by Gasteiger charge is 2.33. The third-order valence-electron chi connectivity index (χ3n) is 4.24. The second kappa shape index (κ2) is 7.55. The summed E-state index contributed by atoms with van der Waals surface area (Å²) in [6, 6.07) is 7.29. The van der Waals surface area contributed by atoms with E-state index in [9.17, 15) is 14.4 Å². The molecule has 2 rings (SSSR count). The lowest BCUT2D eigenvalue weighted by Crippen LogP contribution is -2.37. The van der Waals surface area contributed by atoms with Gasteiger partial charge in [0.05, 0.1) is 5.92 Å². The lowest BCUT2D eigenvalue weighted by molar-refractivity contribution is -0.141. The van der Waals surface area contributed by atoms with Crippen molar-refractivity contribution in [2.45, 2.75) is 32.6 Å². The fourth-order valence-corrected chi connectivity index (χ4v) is 2.69. The van der Waals surface area contributed by atoms with Crippen molar-refractivity contribution in [1.29, 1.82) is 0 Å². The van der Waals surface area contributed by atoms with Gasteiger partial charge in [-0.25, -0.2) is 4.79 Å². The standard InChI is InChI=1S/C18H25N3O4/c1-18(2,3)13-4-6-14(7-5-13)20-17(25)19-8-9-21-11-12(16(23)24)10-15(21)22/h4-7,12H,8-11H2,1-3H3,(H,23,24)(H2,19,20,25). The summed E-state index contributed by atoms with van der Waals surface area (Å²) in [6.45, 7) is 7.14. The van der Waals surface area contributed by atoms with E-state index in [4.69, 9.17) is 5.11 Å². The molecule has 0 spiro atoms. The fourth-order valence-electron chi connectivity index (χ4n) is 2.69. The Morgan fingerprint density at radius 3 is 2.40 bits per heavy atom. The van der Waals surface area contributed by atoms with Gasteiger partial charge in [0.1, 0.15) is 0 Å². The molecule has 1 aromatic carbocycles. The summed E-state index contributed by atoms with van der Waals surface area (Å²) in [5.41, 5.74) is 1.92. The number of nitrogens with zero attached hydrogens (tertiary/aromatic N) is 1. The van der Waals surface area contributed by atoms with Gasteiger partial charge in [-0.15, -0.1) is 0 Å². The number of carbonyl (C=O) groups is 3. The Labute approximate surface area is 147 Å². The van der Waals surface area contributed by atoms with Crippen molar-refractivity contribution in [3.63, 3.8) is 0 Å². The van der Waals surface area contributed by atoms with E-state index in [-0.39, 0.29) is 36.9 Å². The van der Waals surface area contributed by atoms with Gasteiger partial charge in [0.2, 0.25) is 5.91 Å². The van der Waals surface area contributed by atoms with Crippen LogP contribution in [0, 0.1) is 5.92 Å². The molecular formula is C18H25N3O4. The number of amides is 3. The lowest BCUT2D eigenvalue weighted by atomic mass is 9.87. The van der Waals surface area contributed by atoms with Gasteiger partial charge in [0.25, 0.3) is 0 Å². The highest BCUT2D eigenvalue weighted by atomic mass is 16.4. The fraction of sp³-hybridized carbons (Fsp3) is 0.500. The number of anilines is 1. The molecule has 1 aliphatic heterocycles. The van der Waals surface area contributed by atoms with Gasteiger partial charge >= 0.3 is 12.0 Å². The summed E-state index contributed by atoms with van der Waals surface area (Å²) < 4.78 is 0. The highest BCUT2D eigenvalue weighted by molar-refractivity contribution is 5.89. The van der Waals surface area contributed by atoms with E-state index in [0.29, 0.717) is 12.2 Å². The predicted octanol–water partition coefficient (Wildman–Crippen LogP) is 2.04. The molecule has 3 N–H and O–H groups in total. The summed E-state index contributed by atoms with van der Waals surface area (Å²) >= 11 is 0. The molecule has 25 heavy (non-hydrogen) atoms. The number of benzene rings is 1. The van der Waals surface area contributed by atoms with E-state index >= 15 is 0 Å². The SMILES string of the molecule is CC(C)(C)c1ccc(NC(=O)NCCN2CC(C(=O)O)CC2=O)cc1. The molecule has 1 aliphatic rings. The number of urea groups is 1. The van der Waals surface area contributed by atoms with Crippen LogP contribution < -0.4 is 10.6 Å². The quantitative estimate of drug-likeness (QED) is 0.759. The molecule has 0 aliphatic carbocycles. The Morgan fingerprint density at radius 2 is 1.88 bits per heavy atom. The Bertz CT molecular complexity index is 649. The molecule has 1 unspecified atom stereocenters. The maximum Gasteiger partial charge on any atom is 0.319 e. The summed E-state index contributed by atoms with van der Waals surface area (Å²) in [5.74, 6) is -1.80. The molecule has 0 aromatic heterocycles. The third kappa shape index (κ3) is 5.20. The number of carboxylic acids is 1. The van der Waals surface area contributed by atoms with Gasteiger partial charge in [-0.1, -0.05) is 32.9 Å². The lowest BCUT2D eigenvalue weighted by Gasteiger charge is -2.19. The van der Waals surface area contributed by atoms with E-state index in [1.807, 2.05) is 24.3 Å². The molecule has 3 amide bonds. The molecule has 1 heterocycles. The molecule has 136 valence electrons. The van der Waals surface area contributed by atoms with Crippen LogP contribution in [0.15, 0.2) is 24.3 Å². The maximum atomic E-state index is 11.9. The number of hydrogen-bond donors (Lipinski definition) is 3. The van der Waals surface area contributed by atoms with Crippen LogP contribution in [-0.2, 0) is 15.0 Å². The van der Waals surface area contributed by atoms with E-state index in [1.165, 1.54) is 10.5 Å². The monoisotopic (exact) mass is 347 g/mol. The molecule has 1 saturated heterocycles. The zero-order valence-corrected chi connectivity index (χ0v) is 14.8. The average Bonchev–Trinajstić information content (AvgIpc) is 2.88. The molecule has 7 nitrogen and oxygen atoms in total. The van der Waals surface area contributed by atoms with Crippen molar-refractivity contribution in [3.8, 4) is 0 Å². The zero-order valence-electron chi connectivity index (χ0n) is 14.8. The molecule has 1 atom stereocenters. The third-order valence-corrected chi connectivity index (χ3v) is 4.24. The largest absolute Gasteiger partial charge is 0.481 e. The summed E-state index contributed by atoms with van der Waals surface area (Å²) in [5, 5.41) is 14.4. The number of rotatable bonds is 5. The van der Waals surface area contributed by atoms with E-state index in [1.54, 1.807) is 0 Å². The normalized spacial score (nSPS) is 17.5. The molecule has 0 radical (unpaired) electrons. The Kier molecular flexibility index (Phi) is 5.66. The van der Waals surface area contributed by atoms with E-state index in [0.717, 1.165) is 0 Å². The van der Waals surface area contributed by atoms with Crippen molar-refractivity contribution < 1.29 is 19.5 Å². The smallest absolute Gasteiger partial charge is 0.319 e. The minimum absolute atomic E-state index is 0.0294. The number of hydrogen-bond acceptors (Lipinski definition) is 3. The van der Waals surface area contributed by atoms with Crippen LogP contribution in [0.1, 0.15) is 32.8 Å². The number of carbonyl (C=O) groups excluding carboxylic acids is 2. The zero-order chi connectivity index (χ0) is 18.6. The predicted molar refractivity (Wildman–Crippen MR) is 94.5 cm³/mol. The van der Waals surface area contributed by atoms with Crippen LogP contribution in [0.5, 0.6) is 0 Å². The summed E-state index contributed by atoms with van der Waals surface area (Å²) in [6.07, 6.45) is 0.0294. The first-order valence-corrected chi connectivity index (χ1v) is 8.33. The second-order valence-corrected chi connectivity index (χ2v) is 7.29. The van der Waals surface area contributed by atoms with Gasteiger partial charge in [-0.05, 0) is 23.1 Å². The Hall–Kier alpha value is -2.57. The van der Waals surface area contributed by atoms with Crippen LogP contribution in [0.2, 0.25) is 0 Å². The Balaban J connectivity index is 1.76. The minimum atomic E-state index is -0.958. The van der Waals surface area contributed by atoms with Gasteiger partial charge in [-0.2, -0.15) is 0 Å². The van der Waals surface area contributed by atoms with Gasteiger partial charge in [0.15, 0.2) is 0 Å². The van der Waals surface area contributed by atoms with E-state index in [2.05, 4.69) is 31.4 Å². The second-order valence-electron chi connectivity index (χ2n) is 7.29. The molecule has 1 aromatic rings. The van der Waals surface area contributed by atoms with Crippen LogP contribution >= 0.6 is 0 Å². The maximum absolute atomic E-state index is 11.9. The molecule has 1 fully saturated rings. The van der Waals surface area contributed by atoms with Crippen molar-refractivity contribution in [2.24, 2.45) is 5.92 Å². The summed E-state index contributed by atoms with van der Waals surface area (Å²) in [4.78, 5) is 36.0. The van der Waals surface area contributed by atoms with Crippen molar-refractivity contribution >= 4 is 23.6 Å². The van der Waals surface area contributed by atoms with Crippen LogP contribution in [0.25, 0.3) is 0 Å². The first kappa shape index (κ1) is 18.8. The van der Waals surface area contributed by atoms with E-state index < -0.39 is 11.9 Å². The Morgan fingerprint density at radius 1 is 1.24 bits per heavy atom. The van der Waals surface area contributed by atoms with Gasteiger partial charge < -0.3 is 20.6 Å². The molecule has 7 heteroatoms. The number of likely N-dealkylation sites (tertiary alicyclic amines) is 1. The number of carboxylic acid groups (broad SMARTS) is 1. The topological polar surface area (TPSA) is 98.7 Å². The highest BCUT2D eigenvalue weighted by Crippen LogP contribution is 2.23. The van der Waals surface area contributed by atoms with Crippen LogP contribution in [0.3, 0.4) is 0 Å². The molecule has 0 saturated carbocycles. The minimum Gasteiger partial charge on any atom is -0.481 e. The van der Waals surface area contributed by atoms with Gasteiger partial charge in [0, 0.05) is 31.7 Å². The first-order valence-electron chi connectivity index (χ1n) is 8.33. The van der Waals surface area contributed by atoms with Crippen LogP contribution in [-0.4, -0.2) is 47.5 Å². The first-order chi connectivity index (χ1) is 11.7. The molecule has 0 bridgehead atoms. The van der Waals surface area contributed by atoms with Crippen molar-refractivity contribution in [2.75, 3.05) is 25.0 Å². The number of aliphatic carboxylic acids is 1. The van der Waals surface area contributed by atoms with Crippen molar-refractivity contribution in [1.82, 2.24) is 10.2 Å². The molecular weight excluding hydrogens is 322 g/mol. The van der Waals surface area contributed by atoms with Crippen LogP contribution in [0.4, 0.5) is 10.5 Å². The summed E-state index contributed by atoms with van der Waals surface area (Å²) in [7, 11) is 0. The average molecular weight is 347 g/mol. The van der Waals surface area contributed by atoms with Gasteiger partial charge in [-0.3, -0.25) is 9.59 Å². The van der Waals surface area contributed by atoms with Crippen molar-refractivity contribution in [3.05, 3.63) is 29.8 Å². The number of nitrogens with one attached hydrogen (secondary N) is 2.